The summed E-state index contributed by atoms with van der Waals surface area (Å²) < 4.78 is 5.27. The Kier molecular flexibility index (Phi) is 4.82. The van der Waals surface area contributed by atoms with Crippen LogP contribution in [0.3, 0.4) is 0 Å². The molecule has 1 aliphatic heterocycles. The van der Waals surface area contributed by atoms with Crippen molar-refractivity contribution >= 4 is 5.91 Å². The Morgan fingerprint density at radius 1 is 1.43 bits per heavy atom. The first kappa shape index (κ1) is 15.8. The van der Waals surface area contributed by atoms with Crippen LogP contribution in [0.1, 0.15) is 30.4 Å². The smallest absolute Gasteiger partial charge is 0.237 e. The van der Waals surface area contributed by atoms with Crippen LogP contribution in [0.25, 0.3) is 0 Å². The fourth-order valence-electron chi connectivity index (χ4n) is 3.57. The minimum Gasteiger partial charge on any atom is -0.497 e. The first-order valence-electron chi connectivity index (χ1n) is 8.29. The summed E-state index contributed by atoms with van der Waals surface area (Å²) in [6.45, 7) is 1.04. The van der Waals surface area contributed by atoms with Gasteiger partial charge in [0.05, 0.1) is 19.7 Å². The molecule has 0 radical (unpaired) electrons. The van der Waals surface area contributed by atoms with Gasteiger partial charge in [-0.1, -0.05) is 6.07 Å². The third-order valence-corrected chi connectivity index (χ3v) is 4.91. The number of ether oxygens (including phenoxy) is 1. The second kappa shape index (κ2) is 7.01. The van der Waals surface area contributed by atoms with E-state index in [0.717, 1.165) is 37.9 Å². The second-order valence-corrected chi connectivity index (χ2v) is 6.33. The van der Waals surface area contributed by atoms with E-state index >= 15 is 0 Å². The summed E-state index contributed by atoms with van der Waals surface area (Å²) in [6.07, 6.45) is 4.70. The molecule has 0 spiro atoms. The Morgan fingerprint density at radius 2 is 2.30 bits per heavy atom. The summed E-state index contributed by atoms with van der Waals surface area (Å²) in [4.78, 5) is 14.0. The van der Waals surface area contributed by atoms with Crippen molar-refractivity contribution in [3.05, 3.63) is 29.3 Å². The van der Waals surface area contributed by atoms with E-state index in [9.17, 15) is 4.79 Å². The van der Waals surface area contributed by atoms with Crippen LogP contribution in [0.15, 0.2) is 18.2 Å². The van der Waals surface area contributed by atoms with E-state index in [-0.39, 0.29) is 11.9 Å². The number of amides is 1. The molecule has 0 saturated carbocycles. The van der Waals surface area contributed by atoms with Crippen molar-refractivity contribution in [2.24, 2.45) is 0 Å². The van der Waals surface area contributed by atoms with Crippen LogP contribution in [0, 0.1) is 11.3 Å². The number of methoxy groups -OCH3 is 1. The number of hydrogen-bond donors (Lipinski definition) is 1. The molecule has 1 aromatic carbocycles. The Hall–Kier alpha value is -2.06. The number of rotatable bonds is 4. The summed E-state index contributed by atoms with van der Waals surface area (Å²) in [5.74, 6) is 0.955. The van der Waals surface area contributed by atoms with Crippen LogP contribution in [-0.2, 0) is 17.6 Å². The molecule has 1 fully saturated rings. The highest BCUT2D eigenvalue weighted by molar-refractivity contribution is 5.79. The molecule has 2 atom stereocenters. The van der Waals surface area contributed by atoms with Gasteiger partial charge in [0.25, 0.3) is 0 Å². The normalized spacial score (nSPS) is 23.2. The quantitative estimate of drug-likeness (QED) is 0.918. The Balaban J connectivity index is 1.54. The average Bonchev–Trinajstić information content (AvgIpc) is 3.07. The number of carbonyl (C=O) groups is 1. The molecule has 23 heavy (non-hydrogen) atoms. The van der Waals surface area contributed by atoms with Gasteiger partial charge in [-0.3, -0.25) is 4.79 Å². The summed E-state index contributed by atoms with van der Waals surface area (Å²) in [5.41, 5.74) is 2.68. The fourth-order valence-corrected chi connectivity index (χ4v) is 3.57. The Bertz CT molecular complexity index is 623. The number of fused-ring (bicyclic) bond motifs is 1. The van der Waals surface area contributed by atoms with Gasteiger partial charge in [-0.15, -0.1) is 0 Å². The summed E-state index contributed by atoms with van der Waals surface area (Å²) >= 11 is 0. The fraction of sp³-hybridized carbons (Fsp3) is 0.556. The van der Waals surface area contributed by atoms with E-state index in [2.05, 4.69) is 23.5 Å². The van der Waals surface area contributed by atoms with E-state index in [0.29, 0.717) is 19.1 Å². The van der Waals surface area contributed by atoms with Crippen LogP contribution < -0.4 is 10.1 Å². The third-order valence-electron chi connectivity index (χ3n) is 4.91. The van der Waals surface area contributed by atoms with Crippen molar-refractivity contribution in [3.63, 3.8) is 0 Å². The standard InChI is InChI=1S/C18H23N3O2/c1-23-17-7-5-13-9-15(6-4-14(13)10-17)20-12-18(22)21-8-2-3-16(21)11-19/h5,7,10,15-16,20H,2-4,6,8-9,12H2,1H3. The predicted molar refractivity (Wildman–Crippen MR) is 87.2 cm³/mol. The van der Waals surface area contributed by atoms with Gasteiger partial charge in [-0.05, 0) is 55.4 Å². The number of aryl methyl sites for hydroxylation is 1. The lowest BCUT2D eigenvalue weighted by Gasteiger charge is -2.27. The number of benzene rings is 1. The van der Waals surface area contributed by atoms with Crippen molar-refractivity contribution in [2.75, 3.05) is 20.2 Å². The highest BCUT2D eigenvalue weighted by Gasteiger charge is 2.28. The maximum atomic E-state index is 12.3. The van der Waals surface area contributed by atoms with Crippen molar-refractivity contribution in [2.45, 2.75) is 44.2 Å². The molecular formula is C18H23N3O2. The molecule has 1 amide bonds. The average molecular weight is 313 g/mol. The first-order chi connectivity index (χ1) is 11.2. The van der Waals surface area contributed by atoms with Gasteiger partial charge in [0.2, 0.25) is 5.91 Å². The number of nitrogens with zero attached hydrogens (tertiary/aromatic N) is 2. The predicted octanol–water partition coefficient (Wildman–Crippen LogP) is 1.66. The number of likely N-dealkylation sites (tertiary alicyclic amines) is 1. The minimum absolute atomic E-state index is 0.0505. The van der Waals surface area contributed by atoms with E-state index in [4.69, 9.17) is 10.00 Å². The zero-order valence-corrected chi connectivity index (χ0v) is 13.5. The molecule has 2 aliphatic rings. The molecule has 0 aromatic heterocycles. The lowest BCUT2D eigenvalue weighted by molar-refractivity contribution is -0.130. The van der Waals surface area contributed by atoms with Crippen molar-refractivity contribution in [3.8, 4) is 11.8 Å². The van der Waals surface area contributed by atoms with E-state index in [1.165, 1.54) is 11.1 Å². The molecule has 1 aromatic rings. The van der Waals surface area contributed by atoms with Crippen LogP contribution in [0.2, 0.25) is 0 Å². The van der Waals surface area contributed by atoms with Gasteiger partial charge < -0.3 is 15.0 Å². The summed E-state index contributed by atoms with van der Waals surface area (Å²) in [5, 5.41) is 12.5. The van der Waals surface area contributed by atoms with E-state index in [1.807, 2.05) is 6.07 Å². The molecule has 1 saturated heterocycles. The van der Waals surface area contributed by atoms with E-state index in [1.54, 1.807) is 12.0 Å². The molecule has 5 heteroatoms. The summed E-state index contributed by atoms with van der Waals surface area (Å²) in [6, 6.07) is 8.54. The molecule has 1 aliphatic carbocycles. The van der Waals surface area contributed by atoms with Crippen LogP contribution in [0.4, 0.5) is 0 Å². The van der Waals surface area contributed by atoms with Gasteiger partial charge in [0, 0.05) is 12.6 Å². The van der Waals surface area contributed by atoms with Gasteiger partial charge in [-0.25, -0.2) is 0 Å². The molecule has 3 rings (SSSR count). The van der Waals surface area contributed by atoms with E-state index < -0.39 is 0 Å². The molecule has 1 N–H and O–H groups in total. The number of hydrogen-bond acceptors (Lipinski definition) is 4. The second-order valence-electron chi connectivity index (χ2n) is 6.33. The molecule has 2 unspecified atom stereocenters. The lowest BCUT2D eigenvalue weighted by Crippen LogP contribution is -2.44. The van der Waals surface area contributed by atoms with Gasteiger partial charge in [0.15, 0.2) is 0 Å². The highest BCUT2D eigenvalue weighted by atomic mass is 16.5. The van der Waals surface area contributed by atoms with Crippen LogP contribution in [0.5, 0.6) is 5.75 Å². The number of carbonyl (C=O) groups excluding carboxylic acids is 1. The van der Waals surface area contributed by atoms with Gasteiger partial charge in [-0.2, -0.15) is 5.26 Å². The molecular weight excluding hydrogens is 290 g/mol. The zero-order chi connectivity index (χ0) is 16.2. The van der Waals surface area contributed by atoms with Crippen molar-refractivity contribution < 1.29 is 9.53 Å². The van der Waals surface area contributed by atoms with Gasteiger partial charge in [0.1, 0.15) is 11.8 Å². The largest absolute Gasteiger partial charge is 0.497 e. The SMILES string of the molecule is COc1ccc2c(c1)CCC(NCC(=O)N1CCCC1C#N)C2. The maximum Gasteiger partial charge on any atom is 0.237 e. The van der Waals surface area contributed by atoms with Crippen LogP contribution >= 0.6 is 0 Å². The molecule has 1 heterocycles. The minimum atomic E-state index is -0.233. The maximum absolute atomic E-state index is 12.3. The Morgan fingerprint density at radius 3 is 3.09 bits per heavy atom. The molecule has 0 bridgehead atoms. The topological polar surface area (TPSA) is 65.4 Å². The molecule has 122 valence electrons. The number of nitrogens with one attached hydrogen (secondary N) is 1. The van der Waals surface area contributed by atoms with Crippen molar-refractivity contribution in [1.82, 2.24) is 10.2 Å². The first-order valence-corrected chi connectivity index (χ1v) is 8.29. The highest BCUT2D eigenvalue weighted by Crippen LogP contribution is 2.25. The van der Waals surface area contributed by atoms with Gasteiger partial charge >= 0.3 is 0 Å². The Labute approximate surface area is 137 Å². The van der Waals surface area contributed by atoms with Crippen molar-refractivity contribution in [1.29, 1.82) is 5.26 Å². The molecule has 5 nitrogen and oxygen atoms in total. The number of nitriles is 1. The third kappa shape index (κ3) is 3.48. The monoisotopic (exact) mass is 313 g/mol. The van der Waals surface area contributed by atoms with Crippen LogP contribution in [-0.4, -0.2) is 43.1 Å². The zero-order valence-electron chi connectivity index (χ0n) is 13.5. The summed E-state index contributed by atoms with van der Waals surface area (Å²) in [7, 11) is 1.69. The lowest BCUT2D eigenvalue weighted by atomic mass is 9.88.